The zero-order valence-corrected chi connectivity index (χ0v) is 19.8. The van der Waals surface area contributed by atoms with Gasteiger partial charge >= 0.3 is 0 Å². The summed E-state index contributed by atoms with van der Waals surface area (Å²) in [6, 6.07) is 17.9. The fourth-order valence-electron chi connectivity index (χ4n) is 3.87. The Balaban J connectivity index is 1.59. The number of nitrogens with one attached hydrogen (secondary N) is 1. The van der Waals surface area contributed by atoms with Gasteiger partial charge in [-0.15, -0.1) is 0 Å². The highest BCUT2D eigenvalue weighted by atomic mass is 16.5. The van der Waals surface area contributed by atoms with Crippen molar-refractivity contribution < 1.29 is 9.53 Å². The van der Waals surface area contributed by atoms with E-state index in [0.717, 1.165) is 52.4 Å². The molecule has 5 heteroatoms. The van der Waals surface area contributed by atoms with Crippen molar-refractivity contribution in [2.45, 2.75) is 47.0 Å². The number of anilines is 1. The van der Waals surface area contributed by atoms with Crippen LogP contribution in [0.1, 0.15) is 42.1 Å². The largest absolute Gasteiger partial charge is 0.494 e. The van der Waals surface area contributed by atoms with E-state index >= 15 is 0 Å². The Morgan fingerprint density at radius 2 is 1.79 bits per heavy atom. The molecule has 2 heterocycles. The molecule has 1 N–H and O–H groups in total. The maximum absolute atomic E-state index is 13.0. The smallest absolute Gasteiger partial charge is 0.230 e. The number of carbonyl (C=O) groups is 1. The topological polar surface area (TPSA) is 55.6 Å². The van der Waals surface area contributed by atoms with Crippen LogP contribution in [0, 0.1) is 20.8 Å². The van der Waals surface area contributed by atoms with Gasteiger partial charge in [-0.05, 0) is 80.3 Å². The van der Waals surface area contributed by atoms with Gasteiger partial charge in [-0.2, -0.15) is 0 Å². The van der Waals surface area contributed by atoms with Crippen molar-refractivity contribution >= 4 is 17.2 Å². The molecular weight excluding hydrogens is 410 g/mol. The molecule has 0 unspecified atom stereocenters. The number of benzene rings is 2. The molecule has 2 aromatic heterocycles. The lowest BCUT2D eigenvalue weighted by Gasteiger charge is -2.10. The van der Waals surface area contributed by atoms with Crippen LogP contribution in [0.2, 0.25) is 0 Å². The van der Waals surface area contributed by atoms with Crippen LogP contribution in [0.15, 0.2) is 60.8 Å². The summed E-state index contributed by atoms with van der Waals surface area (Å²) >= 11 is 0. The van der Waals surface area contributed by atoms with Gasteiger partial charge < -0.3 is 14.5 Å². The maximum Gasteiger partial charge on any atom is 0.230 e. The van der Waals surface area contributed by atoms with E-state index in [9.17, 15) is 4.79 Å². The third kappa shape index (κ3) is 5.08. The highest BCUT2D eigenvalue weighted by Gasteiger charge is 2.18. The Hall–Kier alpha value is -3.60. The number of ether oxygens (including phenoxy) is 1. The quantitative estimate of drug-likeness (QED) is 0.327. The summed E-state index contributed by atoms with van der Waals surface area (Å²) in [6.07, 6.45) is 4.33. The number of unbranched alkanes of at least 4 members (excludes halogenated alkanes) is 1. The molecule has 0 saturated carbocycles. The molecule has 4 aromatic rings. The number of amides is 1. The van der Waals surface area contributed by atoms with Crippen LogP contribution in [-0.2, 0) is 11.2 Å². The monoisotopic (exact) mass is 441 g/mol. The first-order valence-electron chi connectivity index (χ1n) is 11.5. The molecule has 0 aliphatic heterocycles. The van der Waals surface area contributed by atoms with E-state index in [4.69, 9.17) is 9.72 Å². The standard InChI is InChI=1S/C28H31N3O2/c1-5-6-16-33-24-13-11-23(12-14-24)29-26(32)18-25-27(22-10-9-19(2)21(4)17-22)30-28-20(3)8-7-15-31(25)28/h7-15,17H,5-6,16,18H2,1-4H3,(H,29,32). The summed E-state index contributed by atoms with van der Waals surface area (Å²) in [7, 11) is 0. The van der Waals surface area contributed by atoms with Gasteiger partial charge in [-0.1, -0.05) is 31.5 Å². The predicted octanol–water partition coefficient (Wildman–Crippen LogP) is 6.29. The van der Waals surface area contributed by atoms with Crippen LogP contribution < -0.4 is 10.1 Å². The summed E-state index contributed by atoms with van der Waals surface area (Å²) < 4.78 is 7.74. The fourth-order valence-corrected chi connectivity index (χ4v) is 3.87. The zero-order chi connectivity index (χ0) is 23.4. The molecule has 5 nitrogen and oxygen atoms in total. The minimum Gasteiger partial charge on any atom is -0.494 e. The molecular formula is C28H31N3O2. The zero-order valence-electron chi connectivity index (χ0n) is 19.8. The molecule has 0 atom stereocenters. The second kappa shape index (κ2) is 9.90. The van der Waals surface area contributed by atoms with Crippen molar-refractivity contribution in [3.05, 3.63) is 83.2 Å². The van der Waals surface area contributed by atoms with Gasteiger partial charge in [0, 0.05) is 17.4 Å². The molecule has 0 spiro atoms. The van der Waals surface area contributed by atoms with Crippen LogP contribution >= 0.6 is 0 Å². The van der Waals surface area contributed by atoms with Gasteiger partial charge in [0.05, 0.1) is 24.4 Å². The average molecular weight is 442 g/mol. The first-order chi connectivity index (χ1) is 16.0. The van der Waals surface area contributed by atoms with E-state index in [1.54, 1.807) is 0 Å². The number of hydrogen-bond acceptors (Lipinski definition) is 3. The van der Waals surface area contributed by atoms with Crippen molar-refractivity contribution in [3.63, 3.8) is 0 Å². The fraction of sp³-hybridized carbons (Fsp3) is 0.286. The van der Waals surface area contributed by atoms with Gasteiger partial charge in [-0.3, -0.25) is 4.79 Å². The Kier molecular flexibility index (Phi) is 6.78. The lowest BCUT2D eigenvalue weighted by molar-refractivity contribution is -0.115. The molecule has 1 amide bonds. The van der Waals surface area contributed by atoms with E-state index in [-0.39, 0.29) is 12.3 Å². The molecule has 4 rings (SSSR count). The third-order valence-electron chi connectivity index (χ3n) is 5.96. The summed E-state index contributed by atoms with van der Waals surface area (Å²) in [5, 5.41) is 3.02. The molecule has 33 heavy (non-hydrogen) atoms. The van der Waals surface area contributed by atoms with Gasteiger partial charge in [0.1, 0.15) is 11.4 Å². The highest BCUT2D eigenvalue weighted by Crippen LogP contribution is 2.28. The Bertz CT molecular complexity index is 1270. The van der Waals surface area contributed by atoms with Crippen LogP contribution in [-0.4, -0.2) is 21.9 Å². The van der Waals surface area contributed by atoms with E-state index in [2.05, 4.69) is 44.3 Å². The number of nitrogens with zero attached hydrogens (tertiary/aromatic N) is 2. The summed E-state index contributed by atoms with van der Waals surface area (Å²) in [6.45, 7) is 9.08. The molecule has 2 aromatic carbocycles. The van der Waals surface area contributed by atoms with Gasteiger partial charge in [0.15, 0.2) is 0 Å². The van der Waals surface area contributed by atoms with E-state index in [0.29, 0.717) is 6.61 Å². The predicted molar refractivity (Wildman–Crippen MR) is 134 cm³/mol. The highest BCUT2D eigenvalue weighted by molar-refractivity contribution is 5.93. The number of imidazole rings is 1. The third-order valence-corrected chi connectivity index (χ3v) is 5.96. The van der Waals surface area contributed by atoms with E-state index in [1.807, 2.05) is 53.9 Å². The molecule has 0 saturated heterocycles. The number of aromatic nitrogens is 2. The average Bonchev–Trinajstić information content (AvgIpc) is 3.16. The van der Waals surface area contributed by atoms with Gasteiger partial charge in [-0.25, -0.2) is 4.98 Å². The SMILES string of the molecule is CCCCOc1ccc(NC(=O)Cc2c(-c3ccc(C)c(C)c3)nc3c(C)cccn23)cc1. The van der Waals surface area contributed by atoms with Crippen LogP contribution in [0.5, 0.6) is 5.75 Å². The Morgan fingerprint density at radius 1 is 1.00 bits per heavy atom. The second-order valence-electron chi connectivity index (χ2n) is 8.54. The Labute approximate surface area is 195 Å². The number of carbonyl (C=O) groups excluding carboxylic acids is 1. The van der Waals surface area contributed by atoms with Crippen molar-refractivity contribution in [2.75, 3.05) is 11.9 Å². The van der Waals surface area contributed by atoms with Crippen LogP contribution in [0.4, 0.5) is 5.69 Å². The van der Waals surface area contributed by atoms with Crippen molar-refractivity contribution in [2.24, 2.45) is 0 Å². The molecule has 0 radical (unpaired) electrons. The summed E-state index contributed by atoms with van der Waals surface area (Å²) in [4.78, 5) is 18.0. The minimum atomic E-state index is -0.0805. The van der Waals surface area contributed by atoms with Crippen molar-refractivity contribution in [1.29, 1.82) is 0 Å². The molecule has 0 fully saturated rings. The number of rotatable bonds is 8. The number of hydrogen-bond donors (Lipinski definition) is 1. The van der Waals surface area contributed by atoms with Crippen molar-refractivity contribution in [3.8, 4) is 17.0 Å². The number of pyridine rings is 1. The minimum absolute atomic E-state index is 0.0805. The lowest BCUT2D eigenvalue weighted by atomic mass is 10.0. The summed E-state index contributed by atoms with van der Waals surface area (Å²) in [5.74, 6) is 0.735. The van der Waals surface area contributed by atoms with Crippen LogP contribution in [0.25, 0.3) is 16.9 Å². The molecule has 0 aliphatic carbocycles. The Morgan fingerprint density at radius 3 is 2.52 bits per heavy atom. The number of aryl methyl sites for hydroxylation is 3. The van der Waals surface area contributed by atoms with Gasteiger partial charge in [0.2, 0.25) is 5.91 Å². The lowest BCUT2D eigenvalue weighted by Crippen LogP contribution is -2.16. The van der Waals surface area contributed by atoms with Gasteiger partial charge in [0.25, 0.3) is 0 Å². The second-order valence-corrected chi connectivity index (χ2v) is 8.54. The molecule has 0 bridgehead atoms. The summed E-state index contributed by atoms with van der Waals surface area (Å²) in [5.41, 5.74) is 7.90. The first kappa shape index (κ1) is 22.6. The van der Waals surface area contributed by atoms with Crippen molar-refractivity contribution in [1.82, 2.24) is 9.38 Å². The van der Waals surface area contributed by atoms with Crippen LogP contribution in [0.3, 0.4) is 0 Å². The van der Waals surface area contributed by atoms with E-state index in [1.165, 1.54) is 11.1 Å². The first-order valence-corrected chi connectivity index (χ1v) is 11.5. The molecule has 0 aliphatic rings. The van der Waals surface area contributed by atoms with E-state index < -0.39 is 0 Å². The molecule has 170 valence electrons. The number of fused-ring (bicyclic) bond motifs is 1. The maximum atomic E-state index is 13.0. The normalized spacial score (nSPS) is 11.0.